The molecule has 0 radical (unpaired) electrons. The van der Waals surface area contributed by atoms with Gasteiger partial charge in [-0.2, -0.15) is 0 Å². The van der Waals surface area contributed by atoms with Gasteiger partial charge in [0.2, 0.25) is 0 Å². The SMILES string of the molecule is O=C(COC(=O)C12C[C@H]3C[C@@H](CC(Br)(C3)C1)C2)Nc1cccc2ccccc12. The average molecular weight is 442 g/mol. The minimum atomic E-state index is -0.396. The van der Waals surface area contributed by atoms with Crippen LogP contribution in [0.3, 0.4) is 0 Å². The molecule has 5 heteroatoms. The fourth-order valence-corrected chi connectivity index (χ4v) is 7.65. The number of esters is 1. The van der Waals surface area contributed by atoms with Crippen LogP contribution in [0.2, 0.25) is 0 Å². The van der Waals surface area contributed by atoms with Gasteiger partial charge in [-0.1, -0.05) is 52.3 Å². The Balaban J connectivity index is 1.25. The van der Waals surface area contributed by atoms with E-state index in [0.717, 1.165) is 35.7 Å². The van der Waals surface area contributed by atoms with Crippen molar-refractivity contribution in [1.29, 1.82) is 0 Å². The first kappa shape index (κ1) is 18.2. The average Bonchev–Trinajstić information content (AvgIpc) is 2.64. The molecule has 6 rings (SSSR count). The number of halogens is 1. The van der Waals surface area contributed by atoms with Crippen molar-refractivity contribution in [3.8, 4) is 0 Å². The molecule has 1 N–H and O–H groups in total. The summed E-state index contributed by atoms with van der Waals surface area (Å²) < 4.78 is 5.64. The van der Waals surface area contributed by atoms with Crippen molar-refractivity contribution < 1.29 is 14.3 Å². The lowest BCUT2D eigenvalue weighted by Gasteiger charge is -2.58. The van der Waals surface area contributed by atoms with E-state index < -0.39 is 5.41 Å². The first-order valence-corrected chi connectivity index (χ1v) is 10.9. The molecule has 0 aliphatic heterocycles. The lowest BCUT2D eigenvalue weighted by Crippen LogP contribution is -2.56. The third kappa shape index (κ3) is 3.14. The molecule has 4 aliphatic carbocycles. The Morgan fingerprint density at radius 3 is 2.50 bits per heavy atom. The normalized spacial score (nSPS) is 33.0. The lowest BCUT2D eigenvalue weighted by atomic mass is 9.49. The van der Waals surface area contributed by atoms with Gasteiger partial charge in [-0.15, -0.1) is 0 Å². The topological polar surface area (TPSA) is 55.4 Å². The Kier molecular flexibility index (Phi) is 4.27. The van der Waals surface area contributed by atoms with E-state index in [4.69, 9.17) is 4.74 Å². The predicted molar refractivity (Wildman–Crippen MR) is 112 cm³/mol. The van der Waals surface area contributed by atoms with E-state index >= 15 is 0 Å². The van der Waals surface area contributed by atoms with E-state index in [-0.39, 0.29) is 22.8 Å². The summed E-state index contributed by atoms with van der Waals surface area (Å²) in [5, 5.41) is 4.94. The maximum absolute atomic E-state index is 13.0. The summed E-state index contributed by atoms with van der Waals surface area (Å²) in [5.74, 6) is 0.747. The fraction of sp³-hybridized carbons (Fsp3) is 0.478. The largest absolute Gasteiger partial charge is 0.455 e. The Bertz CT molecular complexity index is 937. The molecule has 4 saturated carbocycles. The zero-order chi connectivity index (χ0) is 19.4. The van der Waals surface area contributed by atoms with Gasteiger partial charge in [0.05, 0.1) is 5.41 Å². The predicted octanol–water partition coefficient (Wildman–Crippen LogP) is 5.06. The van der Waals surface area contributed by atoms with Gasteiger partial charge in [0.15, 0.2) is 6.61 Å². The molecule has 2 aromatic carbocycles. The minimum Gasteiger partial charge on any atom is -0.455 e. The molecular weight excluding hydrogens is 418 g/mol. The fourth-order valence-electron chi connectivity index (χ4n) is 6.19. The molecule has 0 aromatic heterocycles. The third-order valence-electron chi connectivity index (χ3n) is 6.82. The van der Waals surface area contributed by atoms with Crippen molar-refractivity contribution in [2.24, 2.45) is 17.3 Å². The Labute approximate surface area is 173 Å². The summed E-state index contributed by atoms with van der Waals surface area (Å²) in [4.78, 5) is 25.4. The van der Waals surface area contributed by atoms with Crippen LogP contribution in [-0.4, -0.2) is 22.8 Å². The molecule has 0 spiro atoms. The van der Waals surface area contributed by atoms with Gasteiger partial charge < -0.3 is 10.1 Å². The Morgan fingerprint density at radius 2 is 1.75 bits per heavy atom. The Hall–Kier alpha value is -1.88. The summed E-state index contributed by atoms with van der Waals surface area (Å²) in [7, 11) is 0. The minimum absolute atomic E-state index is 0.0985. The van der Waals surface area contributed by atoms with Crippen LogP contribution in [0.1, 0.15) is 38.5 Å². The number of nitrogens with one attached hydrogen (secondary N) is 1. The highest BCUT2D eigenvalue weighted by Gasteiger charge is 2.60. The van der Waals surface area contributed by atoms with Crippen molar-refractivity contribution >= 4 is 44.3 Å². The Morgan fingerprint density at radius 1 is 1.04 bits per heavy atom. The second-order valence-corrected chi connectivity index (χ2v) is 10.7. The number of anilines is 1. The summed E-state index contributed by atoms with van der Waals surface area (Å²) in [6.45, 7) is -0.228. The van der Waals surface area contributed by atoms with Crippen molar-refractivity contribution in [3.63, 3.8) is 0 Å². The van der Waals surface area contributed by atoms with E-state index in [9.17, 15) is 9.59 Å². The smallest absolute Gasteiger partial charge is 0.312 e. The molecule has 2 atom stereocenters. The van der Waals surface area contributed by atoms with Crippen molar-refractivity contribution in [1.82, 2.24) is 0 Å². The molecule has 4 nitrogen and oxygen atoms in total. The highest BCUT2D eigenvalue weighted by molar-refractivity contribution is 9.10. The number of benzene rings is 2. The van der Waals surface area contributed by atoms with Crippen LogP contribution in [0.25, 0.3) is 10.8 Å². The third-order valence-corrected chi connectivity index (χ3v) is 7.75. The van der Waals surface area contributed by atoms with Crippen molar-refractivity contribution in [2.45, 2.75) is 42.8 Å². The van der Waals surface area contributed by atoms with Crippen LogP contribution in [0.5, 0.6) is 0 Å². The number of fused-ring (bicyclic) bond motifs is 1. The highest BCUT2D eigenvalue weighted by atomic mass is 79.9. The number of rotatable bonds is 4. The number of hydrogen-bond acceptors (Lipinski definition) is 3. The van der Waals surface area contributed by atoms with Crippen LogP contribution in [0.4, 0.5) is 5.69 Å². The van der Waals surface area contributed by atoms with E-state index in [0.29, 0.717) is 11.8 Å². The van der Waals surface area contributed by atoms with Crippen molar-refractivity contribution in [2.75, 3.05) is 11.9 Å². The molecule has 0 unspecified atom stereocenters. The van der Waals surface area contributed by atoms with E-state index in [1.54, 1.807) is 0 Å². The maximum atomic E-state index is 13.0. The number of carbonyl (C=O) groups is 2. The van der Waals surface area contributed by atoms with Gasteiger partial charge in [0.25, 0.3) is 5.91 Å². The first-order chi connectivity index (χ1) is 13.4. The second kappa shape index (κ2) is 6.58. The highest BCUT2D eigenvalue weighted by Crippen LogP contribution is 2.64. The van der Waals surface area contributed by atoms with Crippen LogP contribution in [-0.2, 0) is 14.3 Å². The molecule has 4 aliphatic rings. The molecule has 146 valence electrons. The van der Waals surface area contributed by atoms with Crippen LogP contribution >= 0.6 is 15.9 Å². The number of hydrogen-bond donors (Lipinski definition) is 1. The maximum Gasteiger partial charge on any atom is 0.312 e. The van der Waals surface area contributed by atoms with Gasteiger partial charge in [-0.25, -0.2) is 0 Å². The standard InChI is InChI=1S/C23H24BrNO3/c24-23-11-15-8-16(12-23)10-22(9-15,14-23)21(27)28-13-20(26)25-19-7-3-5-17-4-1-2-6-18(17)19/h1-7,15-16H,8-14H2,(H,25,26)/t15-,16-,22?,23?/m1/s1. The monoisotopic (exact) mass is 441 g/mol. The lowest BCUT2D eigenvalue weighted by molar-refractivity contribution is -0.170. The number of amides is 1. The summed E-state index contributed by atoms with van der Waals surface area (Å²) in [6, 6.07) is 13.7. The molecule has 0 saturated heterocycles. The number of alkyl halides is 1. The number of ether oxygens (including phenoxy) is 1. The quantitative estimate of drug-likeness (QED) is 0.532. The first-order valence-electron chi connectivity index (χ1n) is 10.1. The molecule has 0 heterocycles. The van der Waals surface area contributed by atoms with E-state index in [2.05, 4.69) is 21.2 Å². The molecule has 4 fully saturated rings. The van der Waals surface area contributed by atoms with Crippen LogP contribution in [0, 0.1) is 17.3 Å². The zero-order valence-electron chi connectivity index (χ0n) is 15.7. The van der Waals surface area contributed by atoms with Gasteiger partial charge >= 0.3 is 5.97 Å². The van der Waals surface area contributed by atoms with Crippen LogP contribution < -0.4 is 5.32 Å². The van der Waals surface area contributed by atoms with Gasteiger partial charge in [0.1, 0.15) is 0 Å². The van der Waals surface area contributed by atoms with Gasteiger partial charge in [-0.3, -0.25) is 9.59 Å². The van der Waals surface area contributed by atoms with Gasteiger partial charge in [0, 0.05) is 15.4 Å². The second-order valence-electron chi connectivity index (χ2n) is 9.04. The molecule has 28 heavy (non-hydrogen) atoms. The molecular formula is C23H24BrNO3. The molecule has 2 aromatic rings. The summed E-state index contributed by atoms with van der Waals surface area (Å²) in [6.07, 6.45) is 6.25. The molecule has 1 amide bonds. The summed E-state index contributed by atoms with van der Waals surface area (Å²) >= 11 is 3.92. The van der Waals surface area contributed by atoms with Gasteiger partial charge in [-0.05, 0) is 61.8 Å². The zero-order valence-corrected chi connectivity index (χ0v) is 17.3. The summed E-state index contributed by atoms with van der Waals surface area (Å²) in [5.41, 5.74) is 0.348. The number of carbonyl (C=O) groups excluding carboxylic acids is 2. The van der Waals surface area contributed by atoms with Crippen molar-refractivity contribution in [3.05, 3.63) is 42.5 Å². The molecule has 4 bridgehead atoms. The van der Waals surface area contributed by atoms with Crippen LogP contribution in [0.15, 0.2) is 42.5 Å². The van der Waals surface area contributed by atoms with E-state index in [1.165, 1.54) is 19.3 Å². The van der Waals surface area contributed by atoms with E-state index in [1.807, 2.05) is 42.5 Å².